The van der Waals surface area contributed by atoms with Gasteiger partial charge in [0.25, 0.3) is 0 Å². The normalized spacial score (nSPS) is 12.6. The average Bonchev–Trinajstić information content (AvgIpc) is 2.87. The van der Waals surface area contributed by atoms with Crippen molar-refractivity contribution in [2.45, 2.75) is 22.9 Å². The van der Waals surface area contributed by atoms with Crippen LogP contribution in [0.5, 0.6) is 0 Å². The fourth-order valence-corrected chi connectivity index (χ4v) is 3.71. The van der Waals surface area contributed by atoms with Gasteiger partial charge >= 0.3 is 0 Å². The molecule has 0 saturated heterocycles. The number of hydrogen-bond donors (Lipinski definition) is 1. The van der Waals surface area contributed by atoms with Gasteiger partial charge in [0.15, 0.2) is 4.34 Å². The summed E-state index contributed by atoms with van der Waals surface area (Å²) in [6.07, 6.45) is 0.902. The molecule has 1 unspecified atom stereocenters. The van der Waals surface area contributed by atoms with Crippen molar-refractivity contribution in [3.8, 4) is 0 Å². The molecule has 18 heavy (non-hydrogen) atoms. The molecule has 0 fully saturated rings. The number of likely N-dealkylation sites (N-methyl/N-ethyl adjacent to an activating group) is 1. The predicted octanol–water partition coefficient (Wildman–Crippen LogP) is 3.15. The summed E-state index contributed by atoms with van der Waals surface area (Å²) in [7, 11) is 1.98. The Balaban J connectivity index is 2.11. The van der Waals surface area contributed by atoms with Crippen LogP contribution in [0.25, 0.3) is 0 Å². The highest BCUT2D eigenvalue weighted by Gasteiger charge is 2.14. The Bertz CT molecular complexity index is 470. The number of rotatable bonds is 6. The summed E-state index contributed by atoms with van der Waals surface area (Å²) >= 11 is 3.28. The largest absolute Gasteiger partial charge is 0.318 e. The SMILES string of the molecule is CCc1nsc(SC(CNC)c2ccccc2)n1. The molecule has 1 N–H and O–H groups in total. The summed E-state index contributed by atoms with van der Waals surface area (Å²) in [5.41, 5.74) is 1.32. The van der Waals surface area contributed by atoms with E-state index in [1.54, 1.807) is 11.8 Å². The Kier molecular flexibility index (Phi) is 5.16. The number of nitrogens with one attached hydrogen (secondary N) is 1. The van der Waals surface area contributed by atoms with Crippen LogP contribution >= 0.6 is 23.3 Å². The maximum Gasteiger partial charge on any atom is 0.170 e. The van der Waals surface area contributed by atoms with Crippen molar-refractivity contribution in [1.82, 2.24) is 14.7 Å². The molecule has 1 aromatic heterocycles. The van der Waals surface area contributed by atoms with Crippen LogP contribution < -0.4 is 5.32 Å². The summed E-state index contributed by atoms with van der Waals surface area (Å²) < 4.78 is 5.38. The van der Waals surface area contributed by atoms with E-state index in [0.717, 1.165) is 23.1 Å². The van der Waals surface area contributed by atoms with E-state index in [4.69, 9.17) is 0 Å². The Morgan fingerprint density at radius 3 is 2.72 bits per heavy atom. The first-order chi connectivity index (χ1) is 8.83. The van der Waals surface area contributed by atoms with Crippen molar-refractivity contribution in [3.63, 3.8) is 0 Å². The van der Waals surface area contributed by atoms with Crippen molar-refractivity contribution in [1.29, 1.82) is 0 Å². The molecule has 0 aliphatic carbocycles. The average molecular weight is 279 g/mol. The van der Waals surface area contributed by atoms with Crippen LogP contribution in [0.15, 0.2) is 34.7 Å². The highest BCUT2D eigenvalue weighted by atomic mass is 32.2. The van der Waals surface area contributed by atoms with E-state index in [-0.39, 0.29) is 0 Å². The first-order valence-corrected chi connectivity index (χ1v) is 7.67. The smallest absolute Gasteiger partial charge is 0.170 e. The molecule has 0 bridgehead atoms. The fraction of sp³-hybridized carbons (Fsp3) is 0.385. The molecular weight excluding hydrogens is 262 g/mol. The molecule has 0 spiro atoms. The maximum atomic E-state index is 4.52. The minimum absolute atomic E-state index is 0.383. The van der Waals surface area contributed by atoms with Gasteiger partial charge in [-0.3, -0.25) is 0 Å². The summed E-state index contributed by atoms with van der Waals surface area (Å²) in [5, 5.41) is 3.63. The third-order valence-corrected chi connectivity index (χ3v) is 4.65. The van der Waals surface area contributed by atoms with E-state index in [1.165, 1.54) is 17.1 Å². The molecule has 1 atom stereocenters. The van der Waals surface area contributed by atoms with Gasteiger partial charge in [-0.05, 0) is 24.1 Å². The number of aromatic nitrogens is 2. The highest BCUT2D eigenvalue weighted by Crippen LogP contribution is 2.35. The molecule has 96 valence electrons. The summed E-state index contributed by atoms with van der Waals surface area (Å²) in [6, 6.07) is 10.5. The maximum absolute atomic E-state index is 4.52. The van der Waals surface area contributed by atoms with Gasteiger partial charge in [0.1, 0.15) is 5.82 Å². The van der Waals surface area contributed by atoms with Crippen LogP contribution in [0.1, 0.15) is 23.6 Å². The molecule has 0 radical (unpaired) electrons. The quantitative estimate of drug-likeness (QED) is 0.824. The molecule has 5 heteroatoms. The number of hydrogen-bond acceptors (Lipinski definition) is 5. The monoisotopic (exact) mass is 279 g/mol. The van der Waals surface area contributed by atoms with Crippen LogP contribution in [0.4, 0.5) is 0 Å². The van der Waals surface area contributed by atoms with Crippen LogP contribution in [-0.2, 0) is 6.42 Å². The lowest BCUT2D eigenvalue weighted by Gasteiger charge is -2.14. The van der Waals surface area contributed by atoms with Gasteiger partial charge in [0.05, 0.1) is 0 Å². The van der Waals surface area contributed by atoms with Gasteiger partial charge in [-0.15, -0.1) is 0 Å². The van der Waals surface area contributed by atoms with E-state index in [9.17, 15) is 0 Å². The van der Waals surface area contributed by atoms with Gasteiger partial charge in [0, 0.05) is 18.2 Å². The molecule has 1 heterocycles. The first-order valence-electron chi connectivity index (χ1n) is 6.02. The topological polar surface area (TPSA) is 37.8 Å². The van der Waals surface area contributed by atoms with Gasteiger partial charge in [0.2, 0.25) is 0 Å². The number of aryl methyl sites for hydroxylation is 1. The van der Waals surface area contributed by atoms with Gasteiger partial charge < -0.3 is 5.32 Å². The third kappa shape index (κ3) is 3.54. The first kappa shape index (κ1) is 13.5. The van der Waals surface area contributed by atoms with Crippen LogP contribution in [0.3, 0.4) is 0 Å². The Hall–Kier alpha value is -0.910. The summed E-state index contributed by atoms with van der Waals surface area (Å²) in [5.74, 6) is 0.943. The van der Waals surface area contributed by atoms with E-state index >= 15 is 0 Å². The number of benzene rings is 1. The second-order valence-corrected chi connectivity index (χ2v) is 6.11. The van der Waals surface area contributed by atoms with E-state index < -0.39 is 0 Å². The molecule has 1 aromatic carbocycles. The zero-order valence-electron chi connectivity index (χ0n) is 10.6. The lowest BCUT2D eigenvalue weighted by Crippen LogP contribution is -2.14. The zero-order valence-corrected chi connectivity index (χ0v) is 12.2. The minimum atomic E-state index is 0.383. The van der Waals surface area contributed by atoms with Gasteiger partial charge in [-0.1, -0.05) is 49.0 Å². The second kappa shape index (κ2) is 6.87. The summed E-state index contributed by atoms with van der Waals surface area (Å²) in [4.78, 5) is 4.52. The lowest BCUT2D eigenvalue weighted by atomic mass is 10.1. The van der Waals surface area contributed by atoms with Crippen molar-refractivity contribution in [3.05, 3.63) is 41.7 Å². The van der Waals surface area contributed by atoms with Crippen LogP contribution in [-0.4, -0.2) is 22.9 Å². The standard InChI is InChI=1S/C13H17N3S2/c1-3-12-15-13(18-16-12)17-11(9-14-2)10-7-5-4-6-8-10/h4-8,11,14H,3,9H2,1-2H3. The van der Waals surface area contributed by atoms with Crippen molar-refractivity contribution < 1.29 is 0 Å². The fourth-order valence-electron chi connectivity index (χ4n) is 1.63. The molecule has 0 aliphatic heterocycles. The highest BCUT2D eigenvalue weighted by molar-refractivity contribution is 8.01. The third-order valence-electron chi connectivity index (χ3n) is 2.57. The Labute approximate surface area is 116 Å². The molecule has 2 aromatic rings. The lowest BCUT2D eigenvalue weighted by molar-refractivity contribution is 0.777. The van der Waals surface area contributed by atoms with E-state index in [2.05, 4.69) is 45.9 Å². The van der Waals surface area contributed by atoms with Gasteiger partial charge in [-0.25, -0.2) is 4.98 Å². The zero-order chi connectivity index (χ0) is 12.8. The van der Waals surface area contributed by atoms with Crippen molar-refractivity contribution in [2.75, 3.05) is 13.6 Å². The molecular formula is C13H17N3S2. The Morgan fingerprint density at radius 2 is 2.11 bits per heavy atom. The van der Waals surface area contributed by atoms with Gasteiger partial charge in [-0.2, -0.15) is 4.37 Å². The number of thioether (sulfide) groups is 1. The molecule has 3 nitrogen and oxygen atoms in total. The molecule has 0 amide bonds. The summed E-state index contributed by atoms with van der Waals surface area (Å²) in [6.45, 7) is 3.01. The van der Waals surface area contributed by atoms with Crippen molar-refractivity contribution >= 4 is 23.3 Å². The van der Waals surface area contributed by atoms with Crippen LogP contribution in [0.2, 0.25) is 0 Å². The minimum Gasteiger partial charge on any atom is -0.318 e. The van der Waals surface area contributed by atoms with E-state index in [0.29, 0.717) is 5.25 Å². The number of nitrogens with zero attached hydrogens (tertiary/aromatic N) is 2. The van der Waals surface area contributed by atoms with Crippen molar-refractivity contribution in [2.24, 2.45) is 0 Å². The molecule has 2 rings (SSSR count). The van der Waals surface area contributed by atoms with E-state index in [1.807, 2.05) is 13.1 Å². The molecule has 0 aliphatic rings. The van der Waals surface area contributed by atoms with Crippen LogP contribution in [0, 0.1) is 0 Å². The second-order valence-electron chi connectivity index (χ2n) is 3.90. The predicted molar refractivity (Wildman–Crippen MR) is 78.3 cm³/mol. The Morgan fingerprint density at radius 1 is 1.33 bits per heavy atom. The molecule has 0 saturated carbocycles.